The fourth-order valence-electron chi connectivity index (χ4n) is 3.71. The van der Waals surface area contributed by atoms with Crippen LogP contribution in [0.3, 0.4) is 0 Å². The van der Waals surface area contributed by atoms with E-state index in [4.69, 9.17) is 0 Å². The molecule has 174 valence electrons. The number of nitrogens with one attached hydrogen (secondary N) is 1. The van der Waals surface area contributed by atoms with Crippen LogP contribution in [-0.4, -0.2) is 25.0 Å². The van der Waals surface area contributed by atoms with Crippen molar-refractivity contribution in [2.75, 3.05) is 5.32 Å². The van der Waals surface area contributed by atoms with Gasteiger partial charge in [0.15, 0.2) is 5.82 Å². The third kappa shape index (κ3) is 4.71. The molecular formula is C26H19F2N5OS. The molecule has 0 aliphatic carbocycles. The van der Waals surface area contributed by atoms with E-state index in [2.05, 4.69) is 19.8 Å². The summed E-state index contributed by atoms with van der Waals surface area (Å²) in [6.07, 6.45) is -1.55. The Morgan fingerprint density at radius 2 is 1.60 bits per heavy atom. The number of alkyl halides is 2. The van der Waals surface area contributed by atoms with E-state index in [-0.39, 0.29) is 5.56 Å². The number of nitrogens with zero attached hydrogens (tertiary/aromatic N) is 4. The number of benzene rings is 3. The number of hydrogen-bond acceptors (Lipinski definition) is 5. The third-order valence-electron chi connectivity index (χ3n) is 5.38. The molecule has 2 heterocycles. The molecule has 0 saturated carbocycles. The Hall–Kier alpha value is -4.24. The van der Waals surface area contributed by atoms with Gasteiger partial charge in [0.25, 0.3) is 12.3 Å². The van der Waals surface area contributed by atoms with Crippen molar-refractivity contribution in [2.24, 2.45) is 7.05 Å². The van der Waals surface area contributed by atoms with Crippen LogP contribution in [0, 0.1) is 0 Å². The van der Waals surface area contributed by atoms with Gasteiger partial charge in [-0.3, -0.25) is 9.48 Å². The number of amides is 1. The highest BCUT2D eigenvalue weighted by Crippen LogP contribution is 2.32. The van der Waals surface area contributed by atoms with Gasteiger partial charge in [-0.05, 0) is 23.2 Å². The molecule has 5 rings (SSSR count). The Balaban J connectivity index is 1.39. The Morgan fingerprint density at radius 3 is 2.34 bits per heavy atom. The fourth-order valence-corrected chi connectivity index (χ4v) is 4.40. The second-order valence-electron chi connectivity index (χ2n) is 7.77. The lowest BCUT2D eigenvalue weighted by Crippen LogP contribution is -2.14. The summed E-state index contributed by atoms with van der Waals surface area (Å²) in [6, 6.07) is 24.7. The van der Waals surface area contributed by atoms with Gasteiger partial charge in [-0.2, -0.15) is 9.47 Å². The summed E-state index contributed by atoms with van der Waals surface area (Å²) in [4.78, 5) is 17.4. The van der Waals surface area contributed by atoms with Gasteiger partial charge in [-0.15, -0.1) is 0 Å². The van der Waals surface area contributed by atoms with E-state index in [1.54, 1.807) is 12.1 Å². The first-order valence-electron chi connectivity index (χ1n) is 10.7. The van der Waals surface area contributed by atoms with E-state index < -0.39 is 18.0 Å². The SMILES string of the molecule is Cn1cc(C(=O)Nc2ccccc2-c2ccc(-c3nc(-c4ccccc4)ns3)cc2)c(C(F)F)n1. The van der Waals surface area contributed by atoms with E-state index in [0.717, 1.165) is 27.3 Å². The maximum absolute atomic E-state index is 13.3. The summed E-state index contributed by atoms with van der Waals surface area (Å²) in [6.45, 7) is 0. The Kier molecular flexibility index (Phi) is 6.15. The lowest BCUT2D eigenvalue weighted by atomic mass is 10.0. The first-order chi connectivity index (χ1) is 17.0. The van der Waals surface area contributed by atoms with Crippen LogP contribution in [0.4, 0.5) is 14.5 Å². The highest BCUT2D eigenvalue weighted by molar-refractivity contribution is 7.09. The van der Waals surface area contributed by atoms with Crippen molar-refractivity contribution < 1.29 is 13.6 Å². The summed E-state index contributed by atoms with van der Waals surface area (Å²) >= 11 is 1.33. The van der Waals surface area contributed by atoms with E-state index in [1.807, 2.05) is 66.7 Å². The van der Waals surface area contributed by atoms with Crippen molar-refractivity contribution >= 4 is 23.1 Å². The summed E-state index contributed by atoms with van der Waals surface area (Å²) in [7, 11) is 1.50. The quantitative estimate of drug-likeness (QED) is 0.298. The fraction of sp³-hybridized carbons (Fsp3) is 0.0769. The van der Waals surface area contributed by atoms with Crippen LogP contribution < -0.4 is 5.32 Å². The smallest absolute Gasteiger partial charge is 0.282 e. The van der Waals surface area contributed by atoms with Crippen LogP contribution in [0.1, 0.15) is 22.5 Å². The first kappa shape index (κ1) is 22.5. The minimum absolute atomic E-state index is 0.154. The Morgan fingerprint density at radius 1 is 0.914 bits per heavy atom. The van der Waals surface area contributed by atoms with Gasteiger partial charge < -0.3 is 5.32 Å². The van der Waals surface area contributed by atoms with Crippen molar-refractivity contribution in [3.8, 4) is 33.1 Å². The van der Waals surface area contributed by atoms with Crippen molar-refractivity contribution in [1.29, 1.82) is 0 Å². The van der Waals surface area contributed by atoms with Crippen LogP contribution in [0.15, 0.2) is 85.1 Å². The predicted molar refractivity (Wildman–Crippen MR) is 132 cm³/mol. The number of rotatable bonds is 6. The van der Waals surface area contributed by atoms with Gasteiger partial charge >= 0.3 is 0 Å². The zero-order chi connectivity index (χ0) is 24.4. The topological polar surface area (TPSA) is 72.7 Å². The molecule has 6 nitrogen and oxygen atoms in total. The minimum atomic E-state index is -2.84. The van der Waals surface area contributed by atoms with Crippen molar-refractivity contribution in [3.05, 3.63) is 96.3 Å². The van der Waals surface area contributed by atoms with E-state index in [0.29, 0.717) is 11.5 Å². The lowest BCUT2D eigenvalue weighted by Gasteiger charge is -2.12. The zero-order valence-electron chi connectivity index (χ0n) is 18.5. The van der Waals surface area contributed by atoms with Crippen LogP contribution in [0.5, 0.6) is 0 Å². The normalized spacial score (nSPS) is 11.1. The Bertz CT molecular complexity index is 1480. The summed E-state index contributed by atoms with van der Waals surface area (Å²) < 4.78 is 32.3. The molecule has 0 saturated heterocycles. The summed E-state index contributed by atoms with van der Waals surface area (Å²) in [5, 5.41) is 7.26. The second-order valence-corrected chi connectivity index (χ2v) is 8.52. The number of halogens is 2. The molecule has 0 atom stereocenters. The van der Waals surface area contributed by atoms with Gasteiger partial charge in [0.2, 0.25) is 0 Å². The maximum Gasteiger partial charge on any atom is 0.282 e. The molecule has 0 aliphatic rings. The molecule has 3 aromatic carbocycles. The molecule has 0 fully saturated rings. The molecule has 0 unspecified atom stereocenters. The molecule has 0 aliphatic heterocycles. The van der Waals surface area contributed by atoms with Gasteiger partial charge in [0.1, 0.15) is 10.7 Å². The standard InChI is InChI=1S/C26H19F2N5OS/c1-33-15-20(22(31-33)23(27)28)25(34)29-21-10-6-5-9-19(21)16-11-13-18(14-12-16)26-30-24(32-35-26)17-7-3-2-4-8-17/h2-15,23H,1H3,(H,29,34). The van der Waals surface area contributed by atoms with Crippen molar-refractivity contribution in [3.63, 3.8) is 0 Å². The second kappa shape index (κ2) is 9.55. The number of carbonyl (C=O) groups is 1. The first-order valence-corrected chi connectivity index (χ1v) is 11.5. The van der Waals surface area contributed by atoms with Crippen molar-refractivity contribution in [2.45, 2.75) is 6.43 Å². The Labute approximate surface area is 204 Å². The maximum atomic E-state index is 13.3. The number of carbonyl (C=O) groups excluding carboxylic acids is 1. The number of anilines is 1. The average Bonchev–Trinajstić information content (AvgIpc) is 3.53. The van der Waals surface area contributed by atoms with E-state index in [1.165, 1.54) is 29.5 Å². The van der Waals surface area contributed by atoms with Gasteiger partial charge in [-0.25, -0.2) is 13.8 Å². The summed E-state index contributed by atoms with van der Waals surface area (Å²) in [5.41, 5.74) is 3.31. The minimum Gasteiger partial charge on any atom is -0.321 e. The number of para-hydroxylation sites is 1. The molecule has 35 heavy (non-hydrogen) atoms. The highest BCUT2D eigenvalue weighted by atomic mass is 32.1. The van der Waals surface area contributed by atoms with Crippen LogP contribution in [-0.2, 0) is 7.05 Å². The van der Waals surface area contributed by atoms with Crippen molar-refractivity contribution in [1.82, 2.24) is 19.1 Å². The van der Waals surface area contributed by atoms with Crippen LogP contribution in [0.2, 0.25) is 0 Å². The molecular weight excluding hydrogens is 468 g/mol. The molecule has 1 amide bonds. The van der Waals surface area contributed by atoms with Gasteiger partial charge in [0, 0.05) is 35.6 Å². The summed E-state index contributed by atoms with van der Waals surface area (Å²) in [5.74, 6) is 0.0427. The zero-order valence-corrected chi connectivity index (χ0v) is 19.3. The molecule has 0 radical (unpaired) electrons. The predicted octanol–water partition coefficient (Wildman–Crippen LogP) is 6.46. The average molecular weight is 488 g/mol. The molecule has 5 aromatic rings. The third-order valence-corrected chi connectivity index (χ3v) is 6.15. The monoisotopic (exact) mass is 487 g/mol. The van der Waals surface area contributed by atoms with Gasteiger partial charge in [0.05, 0.1) is 5.56 Å². The van der Waals surface area contributed by atoms with Gasteiger partial charge in [-0.1, -0.05) is 72.8 Å². The molecule has 0 bridgehead atoms. The highest BCUT2D eigenvalue weighted by Gasteiger charge is 2.23. The van der Waals surface area contributed by atoms with Crippen LogP contribution in [0.25, 0.3) is 33.1 Å². The molecule has 9 heteroatoms. The number of aryl methyl sites for hydroxylation is 1. The molecule has 0 spiro atoms. The van der Waals surface area contributed by atoms with Crippen LogP contribution >= 0.6 is 11.5 Å². The largest absolute Gasteiger partial charge is 0.321 e. The van der Waals surface area contributed by atoms with E-state index >= 15 is 0 Å². The number of hydrogen-bond donors (Lipinski definition) is 1. The number of aromatic nitrogens is 4. The van der Waals surface area contributed by atoms with E-state index in [9.17, 15) is 13.6 Å². The molecule has 2 aromatic heterocycles. The molecule has 1 N–H and O–H groups in total. The lowest BCUT2D eigenvalue weighted by molar-refractivity contribution is 0.101.